The molecule has 1 aromatic carbocycles. The third-order valence-electron chi connectivity index (χ3n) is 6.21. The van der Waals surface area contributed by atoms with E-state index in [9.17, 15) is 14.9 Å². The number of nitro benzene ring substituents is 1. The molecule has 0 aromatic heterocycles. The van der Waals surface area contributed by atoms with Crippen LogP contribution in [0, 0.1) is 22.0 Å². The molecule has 0 aliphatic carbocycles. The zero-order valence-corrected chi connectivity index (χ0v) is 18.3. The van der Waals surface area contributed by atoms with Gasteiger partial charge in [-0.3, -0.25) is 14.9 Å². The highest BCUT2D eigenvalue weighted by Gasteiger charge is 2.31. The number of esters is 1. The predicted octanol–water partition coefficient (Wildman–Crippen LogP) is 3.52. The summed E-state index contributed by atoms with van der Waals surface area (Å²) < 4.78 is 5.42. The van der Waals surface area contributed by atoms with Gasteiger partial charge in [-0.05, 0) is 56.8 Å². The van der Waals surface area contributed by atoms with Crippen LogP contribution in [0.2, 0.25) is 0 Å². The quantitative estimate of drug-likeness (QED) is 0.412. The summed E-state index contributed by atoms with van der Waals surface area (Å²) in [5, 5.41) is 14.1. The van der Waals surface area contributed by atoms with Crippen molar-refractivity contribution in [3.05, 3.63) is 28.3 Å². The molecule has 2 aliphatic heterocycles. The second-order valence-electron chi connectivity index (χ2n) is 8.76. The first-order valence-corrected chi connectivity index (χ1v) is 11.0. The number of nitrogens with one attached hydrogen (secondary N) is 1. The SMILES string of the molecule is CNc1cc(N2CCC(N3CCC(C(=O)OCC(C)C)CC3)CC2)ccc1[N+](=O)[O-]. The molecule has 2 aliphatic rings. The normalized spacial score (nSPS) is 19.1. The van der Waals surface area contributed by atoms with E-state index in [0.29, 0.717) is 24.3 Å². The number of carbonyl (C=O) groups is 1. The van der Waals surface area contributed by atoms with E-state index in [1.807, 2.05) is 12.1 Å². The molecule has 3 rings (SSSR count). The topological polar surface area (TPSA) is 88.0 Å². The van der Waals surface area contributed by atoms with Gasteiger partial charge < -0.3 is 19.9 Å². The molecule has 0 unspecified atom stereocenters. The van der Waals surface area contributed by atoms with Crippen LogP contribution in [-0.4, -0.2) is 61.7 Å². The monoisotopic (exact) mass is 418 g/mol. The fourth-order valence-electron chi connectivity index (χ4n) is 4.44. The average Bonchev–Trinajstić information content (AvgIpc) is 2.77. The molecular formula is C22H34N4O4. The molecule has 0 radical (unpaired) electrons. The molecule has 166 valence electrons. The molecule has 30 heavy (non-hydrogen) atoms. The third kappa shape index (κ3) is 5.41. The van der Waals surface area contributed by atoms with Crippen LogP contribution in [0.25, 0.3) is 0 Å². The first-order valence-electron chi connectivity index (χ1n) is 11.0. The van der Waals surface area contributed by atoms with Gasteiger partial charge in [-0.25, -0.2) is 0 Å². The number of ether oxygens (including phenoxy) is 1. The van der Waals surface area contributed by atoms with E-state index in [2.05, 4.69) is 29.0 Å². The lowest BCUT2D eigenvalue weighted by atomic mass is 9.93. The highest BCUT2D eigenvalue weighted by molar-refractivity contribution is 5.72. The molecule has 0 amide bonds. The Balaban J connectivity index is 1.48. The predicted molar refractivity (Wildman–Crippen MR) is 118 cm³/mol. The number of carbonyl (C=O) groups excluding carboxylic acids is 1. The van der Waals surface area contributed by atoms with E-state index < -0.39 is 0 Å². The maximum atomic E-state index is 12.2. The van der Waals surface area contributed by atoms with E-state index in [1.54, 1.807) is 13.1 Å². The molecule has 0 atom stereocenters. The third-order valence-corrected chi connectivity index (χ3v) is 6.21. The van der Waals surface area contributed by atoms with Gasteiger partial charge in [0, 0.05) is 37.9 Å². The van der Waals surface area contributed by atoms with E-state index >= 15 is 0 Å². The summed E-state index contributed by atoms with van der Waals surface area (Å²) >= 11 is 0. The van der Waals surface area contributed by atoms with E-state index in [0.717, 1.165) is 57.5 Å². The highest BCUT2D eigenvalue weighted by atomic mass is 16.6. The summed E-state index contributed by atoms with van der Waals surface area (Å²) in [5.74, 6) is 0.385. The lowest BCUT2D eigenvalue weighted by Crippen LogP contribution is -2.48. The second-order valence-corrected chi connectivity index (χ2v) is 8.76. The zero-order valence-electron chi connectivity index (χ0n) is 18.3. The van der Waals surface area contributed by atoms with Gasteiger partial charge in [0.05, 0.1) is 17.4 Å². The Labute approximate surface area is 178 Å². The summed E-state index contributed by atoms with van der Waals surface area (Å²) in [6.07, 6.45) is 3.89. The molecule has 2 fully saturated rings. The van der Waals surface area contributed by atoms with Crippen LogP contribution in [0.3, 0.4) is 0 Å². The van der Waals surface area contributed by atoms with Crippen molar-refractivity contribution < 1.29 is 14.5 Å². The van der Waals surface area contributed by atoms with Crippen molar-refractivity contribution in [1.82, 2.24) is 4.90 Å². The number of rotatable bonds is 7. The van der Waals surface area contributed by atoms with Crippen LogP contribution >= 0.6 is 0 Å². The largest absolute Gasteiger partial charge is 0.465 e. The standard InChI is InChI=1S/C22H34N4O4/c1-16(2)15-30-22(27)17-6-10-24(11-7-17)18-8-12-25(13-9-18)19-4-5-21(26(28)29)20(14-19)23-3/h4-5,14,16-18,23H,6-13,15H2,1-3H3. The Morgan fingerprint density at radius 1 is 1.20 bits per heavy atom. The van der Waals surface area contributed by atoms with Crippen molar-refractivity contribution >= 4 is 23.0 Å². The smallest absolute Gasteiger partial charge is 0.309 e. The van der Waals surface area contributed by atoms with Crippen molar-refractivity contribution in [3.63, 3.8) is 0 Å². The summed E-state index contributed by atoms with van der Waals surface area (Å²) in [4.78, 5) is 27.8. The van der Waals surface area contributed by atoms with E-state index in [4.69, 9.17) is 4.74 Å². The van der Waals surface area contributed by atoms with Crippen LogP contribution in [0.15, 0.2) is 18.2 Å². The number of hydrogen-bond acceptors (Lipinski definition) is 7. The molecule has 1 N–H and O–H groups in total. The Hall–Kier alpha value is -2.35. The maximum Gasteiger partial charge on any atom is 0.309 e. The Bertz CT molecular complexity index is 739. The van der Waals surface area contributed by atoms with Gasteiger partial charge in [0.25, 0.3) is 5.69 Å². The van der Waals surface area contributed by atoms with Gasteiger partial charge in [-0.1, -0.05) is 13.8 Å². The van der Waals surface area contributed by atoms with E-state index in [-0.39, 0.29) is 22.5 Å². The van der Waals surface area contributed by atoms with Crippen molar-refractivity contribution in [2.75, 3.05) is 50.1 Å². The number of nitro groups is 1. The number of anilines is 2. The summed E-state index contributed by atoms with van der Waals surface area (Å²) in [6, 6.07) is 5.83. The van der Waals surface area contributed by atoms with Crippen LogP contribution in [0.5, 0.6) is 0 Å². The van der Waals surface area contributed by atoms with Gasteiger partial charge in [0.1, 0.15) is 5.69 Å². The van der Waals surface area contributed by atoms with E-state index in [1.165, 1.54) is 0 Å². The Kier molecular flexibility index (Phi) is 7.53. The second kappa shape index (κ2) is 10.1. The van der Waals surface area contributed by atoms with Gasteiger partial charge >= 0.3 is 5.97 Å². The van der Waals surface area contributed by atoms with Crippen molar-refractivity contribution in [3.8, 4) is 0 Å². The van der Waals surface area contributed by atoms with Crippen LogP contribution in [0.1, 0.15) is 39.5 Å². The molecule has 1 aromatic rings. The summed E-state index contributed by atoms with van der Waals surface area (Å²) in [7, 11) is 1.71. The number of likely N-dealkylation sites (tertiary alicyclic amines) is 1. The van der Waals surface area contributed by atoms with Crippen molar-refractivity contribution in [1.29, 1.82) is 0 Å². The van der Waals surface area contributed by atoms with Crippen LogP contribution < -0.4 is 10.2 Å². The van der Waals surface area contributed by atoms with Crippen LogP contribution in [-0.2, 0) is 9.53 Å². The van der Waals surface area contributed by atoms with Gasteiger partial charge in [-0.2, -0.15) is 0 Å². The highest BCUT2D eigenvalue weighted by Crippen LogP contribution is 2.32. The number of hydrogen-bond donors (Lipinski definition) is 1. The average molecular weight is 419 g/mol. The molecule has 2 saturated heterocycles. The molecule has 0 spiro atoms. The number of benzene rings is 1. The van der Waals surface area contributed by atoms with Crippen molar-refractivity contribution in [2.24, 2.45) is 11.8 Å². The first kappa shape index (κ1) is 22.3. The van der Waals surface area contributed by atoms with Gasteiger partial charge in [-0.15, -0.1) is 0 Å². The minimum absolute atomic E-state index is 0.0309. The Morgan fingerprint density at radius 2 is 1.87 bits per heavy atom. The van der Waals surface area contributed by atoms with Crippen molar-refractivity contribution in [2.45, 2.75) is 45.6 Å². The molecule has 2 heterocycles. The lowest BCUT2D eigenvalue weighted by molar-refractivity contribution is -0.383. The molecule has 8 nitrogen and oxygen atoms in total. The minimum atomic E-state index is -0.357. The maximum absolute atomic E-state index is 12.2. The molecule has 0 bridgehead atoms. The summed E-state index contributed by atoms with van der Waals surface area (Å²) in [6.45, 7) is 8.39. The molecule has 0 saturated carbocycles. The first-order chi connectivity index (χ1) is 14.4. The number of nitrogens with zero attached hydrogens (tertiary/aromatic N) is 3. The van der Waals surface area contributed by atoms with Gasteiger partial charge in [0.15, 0.2) is 0 Å². The zero-order chi connectivity index (χ0) is 21.7. The molecular weight excluding hydrogens is 384 g/mol. The summed E-state index contributed by atoms with van der Waals surface area (Å²) in [5.41, 5.74) is 1.67. The molecule has 8 heteroatoms. The number of piperidine rings is 2. The fourth-order valence-corrected chi connectivity index (χ4v) is 4.44. The lowest BCUT2D eigenvalue weighted by Gasteiger charge is -2.42. The van der Waals surface area contributed by atoms with Crippen LogP contribution in [0.4, 0.5) is 17.1 Å². The Morgan fingerprint density at radius 3 is 2.43 bits per heavy atom. The van der Waals surface area contributed by atoms with Gasteiger partial charge in [0.2, 0.25) is 0 Å². The fraction of sp³-hybridized carbons (Fsp3) is 0.682. The minimum Gasteiger partial charge on any atom is -0.465 e.